The smallest absolute Gasteiger partial charge is 0.371 e. The molecular weight excluding hydrogens is 260 g/mol. The van der Waals surface area contributed by atoms with Gasteiger partial charge in [0.05, 0.1) is 11.3 Å². The molecule has 0 aliphatic carbocycles. The average molecular weight is 278 g/mol. The van der Waals surface area contributed by atoms with Crippen molar-refractivity contribution in [3.05, 3.63) is 29.6 Å². The Morgan fingerprint density at radius 1 is 1.21 bits per heavy atom. The van der Waals surface area contributed by atoms with E-state index in [0.29, 0.717) is 19.2 Å². The zero-order valence-corrected chi connectivity index (χ0v) is 11.0. The lowest BCUT2D eigenvalue weighted by Gasteiger charge is -2.21. The molecule has 6 heteroatoms. The number of nitrogens with one attached hydrogen (secondary N) is 1. The van der Waals surface area contributed by atoms with Gasteiger partial charge in [-0.15, -0.1) is 0 Å². The molecule has 0 aliphatic rings. The summed E-state index contributed by atoms with van der Waals surface area (Å²) in [6, 6.07) is 2.59. The number of anilines is 1. The monoisotopic (exact) mass is 278 g/mol. The van der Waals surface area contributed by atoms with Crippen molar-refractivity contribution in [1.82, 2.24) is 5.32 Å². The second-order valence-corrected chi connectivity index (χ2v) is 4.34. The summed E-state index contributed by atoms with van der Waals surface area (Å²) in [5.41, 5.74) is -0.794. The zero-order chi connectivity index (χ0) is 14.5. The number of benzene rings is 1. The van der Waals surface area contributed by atoms with E-state index in [4.69, 9.17) is 0 Å². The predicted molar refractivity (Wildman–Crippen MR) is 67.8 cm³/mol. The lowest BCUT2D eigenvalue weighted by Crippen LogP contribution is -2.30. The van der Waals surface area contributed by atoms with Gasteiger partial charge in [0, 0.05) is 20.1 Å². The summed E-state index contributed by atoms with van der Waals surface area (Å²) in [7, 11) is 1.65. The van der Waals surface area contributed by atoms with E-state index in [1.807, 2.05) is 6.92 Å². The SMILES string of the molecule is CCCNCCN(C)c1ccc(C(F)(F)F)cc1F. The van der Waals surface area contributed by atoms with Crippen LogP contribution >= 0.6 is 0 Å². The number of alkyl halides is 3. The second kappa shape index (κ2) is 6.75. The Bertz CT molecular complexity index is 404. The first kappa shape index (κ1) is 15.8. The van der Waals surface area contributed by atoms with Gasteiger partial charge in [-0.25, -0.2) is 4.39 Å². The molecular formula is C13H18F4N2. The molecule has 108 valence electrons. The molecule has 0 radical (unpaired) electrons. The van der Waals surface area contributed by atoms with Crippen molar-refractivity contribution in [2.45, 2.75) is 19.5 Å². The molecule has 0 saturated heterocycles. The minimum Gasteiger partial charge on any atom is -0.371 e. The minimum atomic E-state index is -4.51. The summed E-state index contributed by atoms with van der Waals surface area (Å²) in [6.07, 6.45) is -3.51. The molecule has 1 N–H and O–H groups in total. The third kappa shape index (κ3) is 4.70. The fraction of sp³-hybridized carbons (Fsp3) is 0.538. The Hall–Kier alpha value is -1.30. The molecule has 0 fully saturated rings. The van der Waals surface area contributed by atoms with E-state index in [1.54, 1.807) is 11.9 Å². The van der Waals surface area contributed by atoms with Crippen LogP contribution in [0.3, 0.4) is 0 Å². The van der Waals surface area contributed by atoms with Gasteiger partial charge in [0.15, 0.2) is 0 Å². The van der Waals surface area contributed by atoms with Gasteiger partial charge in [0.1, 0.15) is 5.82 Å². The third-order valence-electron chi connectivity index (χ3n) is 2.74. The van der Waals surface area contributed by atoms with Crippen LogP contribution in [-0.4, -0.2) is 26.7 Å². The fourth-order valence-electron chi connectivity index (χ4n) is 1.66. The molecule has 0 aromatic heterocycles. The van der Waals surface area contributed by atoms with Gasteiger partial charge in [-0.3, -0.25) is 0 Å². The van der Waals surface area contributed by atoms with Gasteiger partial charge in [-0.2, -0.15) is 13.2 Å². The van der Waals surface area contributed by atoms with Gasteiger partial charge < -0.3 is 10.2 Å². The number of hydrogen-bond donors (Lipinski definition) is 1. The Morgan fingerprint density at radius 3 is 2.42 bits per heavy atom. The Morgan fingerprint density at radius 2 is 1.89 bits per heavy atom. The average Bonchev–Trinajstić information content (AvgIpc) is 2.33. The summed E-state index contributed by atoms with van der Waals surface area (Å²) in [5.74, 6) is -0.854. The van der Waals surface area contributed by atoms with Gasteiger partial charge in [0.2, 0.25) is 0 Å². The lowest BCUT2D eigenvalue weighted by atomic mass is 10.2. The number of hydrogen-bond acceptors (Lipinski definition) is 2. The van der Waals surface area contributed by atoms with Crippen molar-refractivity contribution in [2.75, 3.05) is 31.6 Å². The van der Waals surface area contributed by atoms with Crippen LogP contribution in [0.25, 0.3) is 0 Å². The summed E-state index contributed by atoms with van der Waals surface area (Å²) < 4.78 is 50.8. The van der Waals surface area contributed by atoms with Crippen LogP contribution in [-0.2, 0) is 6.18 Å². The quantitative estimate of drug-likeness (QED) is 0.634. The Kier molecular flexibility index (Phi) is 5.60. The number of nitrogens with zero attached hydrogens (tertiary/aromatic N) is 1. The molecule has 1 aromatic carbocycles. The number of likely N-dealkylation sites (N-methyl/N-ethyl adjacent to an activating group) is 1. The fourth-order valence-corrected chi connectivity index (χ4v) is 1.66. The van der Waals surface area contributed by atoms with Crippen LogP contribution in [0.15, 0.2) is 18.2 Å². The molecule has 19 heavy (non-hydrogen) atoms. The maximum absolute atomic E-state index is 13.6. The Balaban J connectivity index is 2.68. The van der Waals surface area contributed by atoms with Crippen molar-refractivity contribution >= 4 is 5.69 Å². The summed E-state index contributed by atoms with van der Waals surface area (Å²) >= 11 is 0. The summed E-state index contributed by atoms with van der Waals surface area (Å²) in [5, 5.41) is 3.15. The van der Waals surface area contributed by atoms with Gasteiger partial charge in [-0.05, 0) is 31.2 Å². The molecule has 2 nitrogen and oxygen atoms in total. The molecule has 0 amide bonds. The van der Waals surface area contributed by atoms with Crippen molar-refractivity contribution in [3.63, 3.8) is 0 Å². The van der Waals surface area contributed by atoms with Crippen molar-refractivity contribution < 1.29 is 17.6 Å². The molecule has 0 aliphatic heterocycles. The third-order valence-corrected chi connectivity index (χ3v) is 2.74. The zero-order valence-electron chi connectivity index (χ0n) is 11.0. The first-order valence-corrected chi connectivity index (χ1v) is 6.15. The normalized spacial score (nSPS) is 11.7. The molecule has 0 heterocycles. The van der Waals surface area contributed by atoms with E-state index in [-0.39, 0.29) is 5.69 Å². The lowest BCUT2D eigenvalue weighted by molar-refractivity contribution is -0.137. The molecule has 0 saturated carbocycles. The highest BCUT2D eigenvalue weighted by atomic mass is 19.4. The first-order valence-electron chi connectivity index (χ1n) is 6.15. The van der Waals surface area contributed by atoms with Crippen molar-refractivity contribution in [3.8, 4) is 0 Å². The maximum Gasteiger partial charge on any atom is 0.416 e. The summed E-state index contributed by atoms with van der Waals surface area (Å²) in [4.78, 5) is 1.60. The van der Waals surface area contributed by atoms with E-state index in [2.05, 4.69) is 5.32 Å². The molecule has 0 atom stereocenters. The van der Waals surface area contributed by atoms with Crippen molar-refractivity contribution in [1.29, 1.82) is 0 Å². The van der Waals surface area contributed by atoms with Crippen LogP contribution in [0.2, 0.25) is 0 Å². The maximum atomic E-state index is 13.6. The van der Waals surface area contributed by atoms with Gasteiger partial charge in [-0.1, -0.05) is 6.92 Å². The largest absolute Gasteiger partial charge is 0.416 e. The molecule has 1 aromatic rings. The van der Waals surface area contributed by atoms with Gasteiger partial charge >= 0.3 is 6.18 Å². The van der Waals surface area contributed by atoms with E-state index < -0.39 is 17.6 Å². The molecule has 0 spiro atoms. The highest BCUT2D eigenvalue weighted by Crippen LogP contribution is 2.31. The predicted octanol–water partition coefficient (Wildman–Crippen LogP) is 3.28. The van der Waals surface area contributed by atoms with Crippen LogP contribution < -0.4 is 10.2 Å². The van der Waals surface area contributed by atoms with E-state index in [0.717, 1.165) is 25.1 Å². The highest BCUT2D eigenvalue weighted by Gasteiger charge is 2.31. The van der Waals surface area contributed by atoms with E-state index in [9.17, 15) is 17.6 Å². The van der Waals surface area contributed by atoms with E-state index >= 15 is 0 Å². The van der Waals surface area contributed by atoms with Crippen LogP contribution in [0.5, 0.6) is 0 Å². The van der Waals surface area contributed by atoms with E-state index in [1.165, 1.54) is 0 Å². The van der Waals surface area contributed by atoms with Crippen molar-refractivity contribution in [2.24, 2.45) is 0 Å². The first-order chi connectivity index (χ1) is 8.86. The Labute approximate surface area is 110 Å². The molecule has 1 rings (SSSR count). The second-order valence-electron chi connectivity index (χ2n) is 4.34. The topological polar surface area (TPSA) is 15.3 Å². The van der Waals surface area contributed by atoms with Crippen LogP contribution in [0, 0.1) is 5.82 Å². The number of rotatable bonds is 6. The van der Waals surface area contributed by atoms with Crippen LogP contribution in [0.4, 0.5) is 23.2 Å². The van der Waals surface area contributed by atoms with Gasteiger partial charge in [0.25, 0.3) is 0 Å². The number of halogens is 4. The molecule has 0 bridgehead atoms. The highest BCUT2D eigenvalue weighted by molar-refractivity contribution is 5.48. The van der Waals surface area contributed by atoms with Crippen LogP contribution in [0.1, 0.15) is 18.9 Å². The molecule has 0 unspecified atom stereocenters. The summed E-state index contributed by atoms with van der Waals surface area (Å²) in [6.45, 7) is 4.09. The minimum absolute atomic E-state index is 0.172. The standard InChI is InChI=1S/C13H18F4N2/c1-3-6-18-7-8-19(2)12-5-4-10(9-11(12)14)13(15,16)17/h4-5,9,18H,3,6-8H2,1-2H3.